The van der Waals surface area contributed by atoms with E-state index >= 15 is 0 Å². The first-order valence-corrected chi connectivity index (χ1v) is 26.3. The van der Waals surface area contributed by atoms with Gasteiger partial charge in [0.1, 0.15) is 0 Å². The van der Waals surface area contributed by atoms with E-state index in [2.05, 4.69) is 26.1 Å². The summed E-state index contributed by atoms with van der Waals surface area (Å²) in [4.78, 5) is 20.7. The minimum absolute atomic E-state index is 0.345. The molecule has 0 fully saturated rings. The van der Waals surface area contributed by atoms with Crippen LogP contribution in [0.25, 0.3) is 0 Å². The minimum Gasteiger partial charge on any atom is -0.481 e. The summed E-state index contributed by atoms with van der Waals surface area (Å²) in [6.45, 7) is 9.70. The van der Waals surface area contributed by atoms with Crippen molar-refractivity contribution in [2.75, 3.05) is 19.6 Å². The molecule has 0 spiro atoms. The van der Waals surface area contributed by atoms with E-state index in [9.17, 15) is 9.59 Å². The third-order valence-electron chi connectivity index (χ3n) is 11.5. The Morgan fingerprint density at radius 3 is 0.690 bits per heavy atom. The smallest absolute Gasteiger partial charge is 0.303 e. The number of rotatable bonds is 47. The molecule has 350 valence electrons. The molecule has 0 atom stereocenters. The lowest BCUT2D eigenvalue weighted by Gasteiger charge is -2.04. The molecule has 6 heteroatoms. The lowest BCUT2D eigenvalue weighted by molar-refractivity contribution is -0.138. The number of unbranched alkanes of at least 4 members (excludes halogenated alkanes) is 39. The molecule has 58 heavy (non-hydrogen) atoms. The highest BCUT2D eigenvalue weighted by Crippen LogP contribution is 2.16. The quantitative estimate of drug-likeness (QED) is 0.0455. The van der Waals surface area contributed by atoms with Crippen LogP contribution in [0.1, 0.15) is 303 Å². The van der Waals surface area contributed by atoms with Crippen LogP contribution in [0, 0.1) is 0 Å². The van der Waals surface area contributed by atoms with Gasteiger partial charge in [0.2, 0.25) is 0 Å². The molecule has 0 radical (unpaired) electrons. The van der Waals surface area contributed by atoms with Crippen molar-refractivity contribution < 1.29 is 19.8 Å². The third kappa shape index (κ3) is 69.5. The average Bonchev–Trinajstić information content (AvgIpc) is 3.21. The van der Waals surface area contributed by atoms with Crippen molar-refractivity contribution in [1.29, 1.82) is 0 Å². The van der Waals surface area contributed by atoms with Crippen LogP contribution in [0.5, 0.6) is 0 Å². The molecule has 5 N–H and O–H groups in total. The Bertz CT molecular complexity index is 674. The highest BCUT2D eigenvalue weighted by molar-refractivity contribution is 5.66. The Morgan fingerprint density at radius 1 is 0.310 bits per heavy atom. The topological polar surface area (TPSA) is 113 Å². The maximum atomic E-state index is 10.3. The van der Waals surface area contributed by atoms with Gasteiger partial charge < -0.3 is 21.3 Å². The summed E-state index contributed by atoms with van der Waals surface area (Å²) >= 11 is 0. The molecule has 0 rings (SSSR count). The van der Waals surface area contributed by atoms with Crippen molar-refractivity contribution in [3.8, 4) is 0 Å². The molecule has 0 aromatic heterocycles. The van der Waals surface area contributed by atoms with E-state index in [4.69, 9.17) is 15.9 Å². The fourth-order valence-corrected chi connectivity index (χ4v) is 7.61. The van der Waals surface area contributed by atoms with Gasteiger partial charge in [0.05, 0.1) is 0 Å². The van der Waals surface area contributed by atoms with E-state index in [1.54, 1.807) is 0 Å². The van der Waals surface area contributed by atoms with Gasteiger partial charge in [0.25, 0.3) is 0 Å². The summed E-state index contributed by atoms with van der Waals surface area (Å²) in [6.07, 6.45) is 57.5. The second-order valence-corrected chi connectivity index (χ2v) is 17.6. The Hall–Kier alpha value is -1.14. The normalized spacial score (nSPS) is 10.9. The summed E-state index contributed by atoms with van der Waals surface area (Å²) in [6, 6.07) is 0. The number of carboxylic acids is 2. The van der Waals surface area contributed by atoms with Gasteiger partial charge in [-0.15, -0.1) is 0 Å². The lowest BCUT2D eigenvalue weighted by Crippen LogP contribution is -2.23. The fraction of sp³-hybridized carbons (Fsp3) is 0.962. The fourth-order valence-electron chi connectivity index (χ4n) is 7.61. The van der Waals surface area contributed by atoms with Crippen molar-refractivity contribution in [2.24, 2.45) is 5.73 Å². The Balaban J connectivity index is -0.000000784. The molecular weight excluding hydrogens is 717 g/mol. The van der Waals surface area contributed by atoms with Crippen molar-refractivity contribution in [2.45, 2.75) is 303 Å². The van der Waals surface area contributed by atoms with Crippen LogP contribution in [-0.4, -0.2) is 41.8 Å². The Labute approximate surface area is 364 Å². The number of nitrogens with two attached hydrogens (primary N) is 1. The second kappa shape index (κ2) is 60.2. The molecule has 0 aromatic carbocycles. The number of carboxylic acid groups (broad SMARTS) is 2. The van der Waals surface area contributed by atoms with Crippen LogP contribution in [-0.2, 0) is 9.59 Å². The molecule has 0 heterocycles. The van der Waals surface area contributed by atoms with Crippen LogP contribution in [0.15, 0.2) is 0 Å². The molecule has 0 amide bonds. The summed E-state index contributed by atoms with van der Waals surface area (Å²) in [7, 11) is 0. The molecular formula is C52H108N2O4. The van der Waals surface area contributed by atoms with Gasteiger partial charge in [-0.05, 0) is 25.8 Å². The van der Waals surface area contributed by atoms with E-state index in [0.29, 0.717) is 12.8 Å². The molecule has 0 bridgehead atoms. The zero-order chi connectivity index (χ0) is 43.1. The molecule has 0 unspecified atom stereocenters. The standard InChI is InChI=1S/2C18H36O2.C16H36N2/c2*1-2-3-4-5-6-7-8-9-10-11-12-13-14-15-16-17-18(19)20;1-2-3-4-5-6-7-8-9-10-11-12-13-15-18-16-14-17/h2*2-17H2,1H3,(H,19,20);18H,2-17H2,1H3. The monoisotopic (exact) mass is 825 g/mol. The van der Waals surface area contributed by atoms with E-state index in [0.717, 1.165) is 45.3 Å². The summed E-state index contributed by atoms with van der Waals surface area (Å²) in [5, 5.41) is 20.4. The number of hydrogen-bond acceptors (Lipinski definition) is 4. The Kier molecular flexibility index (Phi) is 63.4. The van der Waals surface area contributed by atoms with Gasteiger partial charge in [-0.3, -0.25) is 9.59 Å². The largest absolute Gasteiger partial charge is 0.481 e. The van der Waals surface area contributed by atoms with Gasteiger partial charge in [-0.25, -0.2) is 0 Å². The molecule has 0 aliphatic rings. The van der Waals surface area contributed by atoms with Gasteiger partial charge in [0.15, 0.2) is 0 Å². The van der Waals surface area contributed by atoms with Crippen molar-refractivity contribution in [3.05, 3.63) is 0 Å². The van der Waals surface area contributed by atoms with E-state index in [-0.39, 0.29) is 0 Å². The summed E-state index contributed by atoms with van der Waals surface area (Å²) in [5.41, 5.74) is 5.41. The van der Waals surface area contributed by atoms with Crippen LogP contribution >= 0.6 is 0 Å². The lowest BCUT2D eigenvalue weighted by atomic mass is 10.0. The zero-order valence-corrected chi connectivity index (χ0v) is 40.0. The summed E-state index contributed by atoms with van der Waals surface area (Å²) < 4.78 is 0. The highest BCUT2D eigenvalue weighted by atomic mass is 16.4. The van der Waals surface area contributed by atoms with Crippen LogP contribution in [0.2, 0.25) is 0 Å². The first-order valence-electron chi connectivity index (χ1n) is 26.3. The highest BCUT2D eigenvalue weighted by Gasteiger charge is 1.99. The van der Waals surface area contributed by atoms with Crippen molar-refractivity contribution >= 4 is 11.9 Å². The number of nitrogens with one attached hydrogen (secondary N) is 1. The zero-order valence-electron chi connectivity index (χ0n) is 40.0. The van der Waals surface area contributed by atoms with Crippen molar-refractivity contribution in [3.63, 3.8) is 0 Å². The van der Waals surface area contributed by atoms with Crippen LogP contribution in [0.3, 0.4) is 0 Å². The van der Waals surface area contributed by atoms with Crippen LogP contribution < -0.4 is 11.1 Å². The van der Waals surface area contributed by atoms with Crippen molar-refractivity contribution in [1.82, 2.24) is 5.32 Å². The molecule has 6 nitrogen and oxygen atoms in total. The predicted octanol–water partition coefficient (Wildman–Crippen LogP) is 16.9. The van der Waals surface area contributed by atoms with E-state index in [1.807, 2.05) is 0 Å². The van der Waals surface area contributed by atoms with E-state index in [1.165, 1.54) is 244 Å². The SMILES string of the molecule is CCCCCCCCCCCCCCCCCC(=O)O.CCCCCCCCCCCCCCCCCC(=O)O.CCCCCCCCCCCCCCNCCN. The predicted molar refractivity (Wildman–Crippen MR) is 257 cm³/mol. The van der Waals surface area contributed by atoms with E-state index < -0.39 is 11.9 Å². The average molecular weight is 825 g/mol. The summed E-state index contributed by atoms with van der Waals surface area (Å²) in [5.74, 6) is -1.31. The van der Waals surface area contributed by atoms with Crippen LogP contribution in [0.4, 0.5) is 0 Å². The molecule has 0 saturated carbocycles. The van der Waals surface area contributed by atoms with Gasteiger partial charge in [-0.1, -0.05) is 271 Å². The molecule has 0 aliphatic carbocycles. The number of hydrogen-bond donors (Lipinski definition) is 4. The number of carbonyl (C=O) groups is 2. The Morgan fingerprint density at radius 2 is 0.500 bits per heavy atom. The molecule has 0 saturated heterocycles. The minimum atomic E-state index is -0.653. The molecule has 0 aliphatic heterocycles. The maximum absolute atomic E-state index is 10.3. The second-order valence-electron chi connectivity index (χ2n) is 17.6. The third-order valence-corrected chi connectivity index (χ3v) is 11.5. The van der Waals surface area contributed by atoms with Gasteiger partial charge in [0, 0.05) is 25.9 Å². The maximum Gasteiger partial charge on any atom is 0.303 e. The first-order chi connectivity index (χ1) is 28.5. The number of aliphatic carboxylic acids is 2. The first kappa shape index (κ1) is 61.2. The van der Waals surface area contributed by atoms with Gasteiger partial charge in [-0.2, -0.15) is 0 Å². The van der Waals surface area contributed by atoms with Gasteiger partial charge >= 0.3 is 11.9 Å². The molecule has 0 aromatic rings.